The van der Waals surface area contributed by atoms with E-state index in [2.05, 4.69) is 16.8 Å². The van der Waals surface area contributed by atoms with Crippen LogP contribution in [0.3, 0.4) is 0 Å². The molecule has 0 aliphatic carbocycles. The highest BCUT2D eigenvalue weighted by molar-refractivity contribution is 5.78. The van der Waals surface area contributed by atoms with E-state index in [0.29, 0.717) is 19.6 Å². The average Bonchev–Trinajstić information content (AvgIpc) is 2.77. The summed E-state index contributed by atoms with van der Waals surface area (Å²) in [5, 5.41) is 0. The Balaban J connectivity index is 1.82. The highest BCUT2D eigenvalue weighted by Crippen LogP contribution is 2.08. The fourth-order valence-electron chi connectivity index (χ4n) is 1.60. The molecule has 5 nitrogen and oxygen atoms in total. The lowest BCUT2D eigenvalue weighted by Crippen LogP contribution is -2.24. The number of likely N-dealkylation sites (tertiary alicyclic amines) is 1. The predicted octanol–water partition coefficient (Wildman–Crippen LogP) is -0.674. The number of amides is 1. The lowest BCUT2D eigenvalue weighted by atomic mass is 10.3. The van der Waals surface area contributed by atoms with Crippen LogP contribution in [-0.2, 0) is 9.53 Å². The van der Waals surface area contributed by atoms with Gasteiger partial charge in [0.25, 0.3) is 6.02 Å². The van der Waals surface area contributed by atoms with Crippen LogP contribution >= 0.6 is 0 Å². The molecule has 1 amide bonds. The Bertz CT molecular complexity index is 353. The Morgan fingerprint density at radius 1 is 1.67 bits per heavy atom. The summed E-state index contributed by atoms with van der Waals surface area (Å²) in [6, 6.07) is 0.0363. The van der Waals surface area contributed by atoms with Crippen molar-refractivity contribution in [3.63, 3.8) is 0 Å². The number of hydrogen-bond donors (Lipinski definition) is 1. The molecule has 0 aromatic rings. The lowest BCUT2D eigenvalue weighted by molar-refractivity contribution is -0.127. The van der Waals surface area contributed by atoms with E-state index in [1.54, 1.807) is 4.90 Å². The van der Waals surface area contributed by atoms with E-state index in [4.69, 9.17) is 10.5 Å². The summed E-state index contributed by atoms with van der Waals surface area (Å²) in [5.41, 5.74) is 5.34. The van der Waals surface area contributed by atoms with E-state index in [1.165, 1.54) is 0 Å². The van der Waals surface area contributed by atoms with Crippen molar-refractivity contribution in [1.82, 2.24) is 4.90 Å². The number of nitrogens with two attached hydrogens (primary N) is 1. The molecular weight excluding hydrogens is 194 g/mol. The molecule has 0 radical (unpaired) electrons. The van der Waals surface area contributed by atoms with Gasteiger partial charge in [-0.05, 0) is 6.42 Å². The topological polar surface area (TPSA) is 67.9 Å². The van der Waals surface area contributed by atoms with Crippen LogP contribution < -0.4 is 5.73 Å². The van der Waals surface area contributed by atoms with Gasteiger partial charge in [-0.25, -0.2) is 4.99 Å². The van der Waals surface area contributed by atoms with Gasteiger partial charge in [-0.3, -0.25) is 4.79 Å². The van der Waals surface area contributed by atoms with Crippen molar-refractivity contribution >= 4 is 11.9 Å². The first kappa shape index (κ1) is 9.84. The van der Waals surface area contributed by atoms with Crippen molar-refractivity contribution in [2.45, 2.75) is 18.9 Å². The molecule has 1 fully saturated rings. The SMILES string of the molecule is NC1=N[C@@H](C#CCN2CCCC2=O)CO1. The van der Waals surface area contributed by atoms with Crippen LogP contribution in [0.25, 0.3) is 0 Å². The maximum absolute atomic E-state index is 11.2. The average molecular weight is 207 g/mol. The molecule has 2 aliphatic heterocycles. The van der Waals surface area contributed by atoms with Crippen molar-refractivity contribution in [3.8, 4) is 11.8 Å². The van der Waals surface area contributed by atoms with Gasteiger partial charge < -0.3 is 15.4 Å². The predicted molar refractivity (Wildman–Crippen MR) is 55.0 cm³/mol. The molecule has 0 unspecified atom stereocenters. The van der Waals surface area contributed by atoms with E-state index < -0.39 is 0 Å². The van der Waals surface area contributed by atoms with Gasteiger partial charge in [0.05, 0.1) is 6.54 Å². The summed E-state index contributed by atoms with van der Waals surface area (Å²) in [6.07, 6.45) is 1.59. The second-order valence-electron chi connectivity index (χ2n) is 3.53. The monoisotopic (exact) mass is 207 g/mol. The van der Waals surface area contributed by atoms with Crippen LogP contribution in [0.4, 0.5) is 0 Å². The molecule has 0 saturated carbocycles. The minimum atomic E-state index is -0.164. The van der Waals surface area contributed by atoms with Crippen LogP contribution in [0.2, 0.25) is 0 Å². The first-order chi connectivity index (χ1) is 7.25. The van der Waals surface area contributed by atoms with E-state index >= 15 is 0 Å². The third-order valence-electron chi connectivity index (χ3n) is 2.38. The van der Waals surface area contributed by atoms with Crippen LogP contribution in [-0.4, -0.2) is 42.6 Å². The Kier molecular flexibility index (Phi) is 2.77. The number of ether oxygens (including phenoxy) is 1. The van der Waals surface area contributed by atoms with Crippen molar-refractivity contribution in [3.05, 3.63) is 0 Å². The van der Waals surface area contributed by atoms with E-state index in [1.807, 2.05) is 0 Å². The fourth-order valence-corrected chi connectivity index (χ4v) is 1.60. The number of hydrogen-bond acceptors (Lipinski definition) is 4. The fraction of sp³-hybridized carbons (Fsp3) is 0.600. The summed E-state index contributed by atoms with van der Waals surface area (Å²) < 4.78 is 4.95. The van der Waals surface area contributed by atoms with Crippen molar-refractivity contribution in [1.29, 1.82) is 0 Å². The molecule has 0 spiro atoms. The summed E-state index contributed by atoms with van der Waals surface area (Å²) >= 11 is 0. The molecule has 2 N–H and O–H groups in total. The van der Waals surface area contributed by atoms with Crippen LogP contribution in [0.1, 0.15) is 12.8 Å². The molecule has 2 heterocycles. The molecular formula is C10H13N3O2. The summed E-state index contributed by atoms with van der Waals surface area (Å²) in [5.74, 6) is 6.05. The molecule has 0 aromatic carbocycles. The van der Waals surface area contributed by atoms with E-state index in [9.17, 15) is 4.79 Å². The lowest BCUT2D eigenvalue weighted by Gasteiger charge is -2.10. The Morgan fingerprint density at radius 2 is 2.53 bits per heavy atom. The molecule has 1 saturated heterocycles. The smallest absolute Gasteiger partial charge is 0.283 e. The van der Waals surface area contributed by atoms with Gasteiger partial charge >= 0.3 is 0 Å². The minimum absolute atomic E-state index is 0.164. The molecule has 2 rings (SSSR count). The minimum Gasteiger partial charge on any atom is -0.462 e. The van der Waals surface area contributed by atoms with Crippen molar-refractivity contribution in [2.24, 2.45) is 10.7 Å². The normalized spacial score (nSPS) is 24.5. The first-order valence-electron chi connectivity index (χ1n) is 4.98. The number of nitrogens with zero attached hydrogens (tertiary/aromatic N) is 2. The zero-order chi connectivity index (χ0) is 10.7. The van der Waals surface area contributed by atoms with Crippen molar-refractivity contribution < 1.29 is 9.53 Å². The number of rotatable bonds is 1. The van der Waals surface area contributed by atoms with Gasteiger partial charge in [-0.15, -0.1) is 0 Å². The molecule has 0 aromatic heterocycles. The largest absolute Gasteiger partial charge is 0.462 e. The molecule has 5 heteroatoms. The quantitative estimate of drug-likeness (QED) is 0.579. The Labute approximate surface area is 88.3 Å². The maximum atomic E-state index is 11.2. The molecule has 0 bridgehead atoms. The second kappa shape index (κ2) is 4.22. The number of carbonyl (C=O) groups is 1. The van der Waals surface area contributed by atoms with E-state index in [-0.39, 0.29) is 18.0 Å². The van der Waals surface area contributed by atoms with Crippen LogP contribution in [0, 0.1) is 11.8 Å². The van der Waals surface area contributed by atoms with Gasteiger partial charge in [0.15, 0.2) is 0 Å². The molecule has 1 atom stereocenters. The number of amidine groups is 1. The Morgan fingerprint density at radius 3 is 3.13 bits per heavy atom. The third-order valence-corrected chi connectivity index (χ3v) is 2.38. The van der Waals surface area contributed by atoms with Crippen LogP contribution in [0.5, 0.6) is 0 Å². The molecule has 15 heavy (non-hydrogen) atoms. The zero-order valence-electron chi connectivity index (χ0n) is 8.40. The Hall–Kier alpha value is -1.70. The van der Waals surface area contributed by atoms with Gasteiger partial charge in [-0.2, -0.15) is 0 Å². The molecule has 2 aliphatic rings. The highest BCUT2D eigenvalue weighted by Gasteiger charge is 2.18. The first-order valence-corrected chi connectivity index (χ1v) is 4.98. The zero-order valence-corrected chi connectivity index (χ0v) is 8.40. The maximum Gasteiger partial charge on any atom is 0.283 e. The van der Waals surface area contributed by atoms with Crippen molar-refractivity contribution in [2.75, 3.05) is 19.7 Å². The number of carbonyl (C=O) groups excluding carboxylic acids is 1. The van der Waals surface area contributed by atoms with Crippen LogP contribution in [0.15, 0.2) is 4.99 Å². The summed E-state index contributed by atoms with van der Waals surface area (Å²) in [4.78, 5) is 17.0. The number of aliphatic imine (C=N–C) groups is 1. The van der Waals surface area contributed by atoms with Gasteiger partial charge in [0.1, 0.15) is 12.6 Å². The summed E-state index contributed by atoms with van der Waals surface area (Å²) in [6.45, 7) is 1.73. The standard InChI is InChI=1S/C10H13N3O2/c11-10-12-8(7-15-10)3-1-5-13-6-2-4-9(13)14/h8H,2,4-7H2,(H2,11,12)/t8-/m0/s1. The third kappa shape index (κ3) is 2.40. The second-order valence-corrected chi connectivity index (χ2v) is 3.53. The molecule has 80 valence electrons. The highest BCUT2D eigenvalue weighted by atomic mass is 16.5. The van der Waals surface area contributed by atoms with E-state index in [0.717, 1.165) is 13.0 Å². The van der Waals surface area contributed by atoms with Gasteiger partial charge in [-0.1, -0.05) is 11.8 Å². The van der Waals surface area contributed by atoms with Gasteiger partial charge in [0.2, 0.25) is 5.91 Å². The summed E-state index contributed by atoms with van der Waals surface area (Å²) in [7, 11) is 0. The van der Waals surface area contributed by atoms with Gasteiger partial charge in [0, 0.05) is 13.0 Å².